The third kappa shape index (κ3) is 8.31. The molecule has 2 N–H and O–H groups in total. The van der Waals surface area contributed by atoms with Crippen molar-refractivity contribution in [3.8, 4) is 11.8 Å². The lowest BCUT2D eigenvalue weighted by Gasteiger charge is -2.27. The Kier molecular flexibility index (Phi) is 11.0. The van der Waals surface area contributed by atoms with E-state index in [0.717, 1.165) is 0 Å². The number of carbonyl (C=O) groups is 2. The SMILES string of the molecule is CO[C@H](CCOC(=O)CS)[C@H](OC(=O)Nc1ccc(C#N)cc1)c1ccccc1OCCO. The summed E-state index contributed by atoms with van der Waals surface area (Å²) in [6.45, 7) is -0.0978. The lowest BCUT2D eigenvalue weighted by atomic mass is 10.0. The molecule has 0 radical (unpaired) electrons. The monoisotopic (exact) mass is 474 g/mol. The van der Waals surface area contributed by atoms with Crippen LogP contribution in [0.25, 0.3) is 0 Å². The smallest absolute Gasteiger partial charge is 0.412 e. The van der Waals surface area contributed by atoms with E-state index in [1.807, 2.05) is 6.07 Å². The van der Waals surface area contributed by atoms with Gasteiger partial charge in [-0.15, -0.1) is 0 Å². The van der Waals surface area contributed by atoms with E-state index in [2.05, 4.69) is 17.9 Å². The van der Waals surface area contributed by atoms with Gasteiger partial charge in [-0.3, -0.25) is 10.1 Å². The van der Waals surface area contributed by atoms with Gasteiger partial charge in [0.15, 0.2) is 6.10 Å². The van der Waals surface area contributed by atoms with Gasteiger partial charge in [-0.2, -0.15) is 17.9 Å². The molecule has 2 atom stereocenters. The number of nitriles is 1. The second kappa shape index (κ2) is 14.0. The van der Waals surface area contributed by atoms with Crippen molar-refractivity contribution in [3.63, 3.8) is 0 Å². The number of aliphatic hydroxyl groups is 1. The highest BCUT2D eigenvalue weighted by Gasteiger charge is 2.30. The summed E-state index contributed by atoms with van der Waals surface area (Å²) in [6, 6.07) is 15.2. The number of amides is 1. The van der Waals surface area contributed by atoms with Crippen molar-refractivity contribution in [1.82, 2.24) is 0 Å². The maximum Gasteiger partial charge on any atom is 0.412 e. The van der Waals surface area contributed by atoms with Gasteiger partial charge in [0.05, 0.1) is 30.6 Å². The van der Waals surface area contributed by atoms with Gasteiger partial charge in [-0.1, -0.05) is 18.2 Å². The predicted molar refractivity (Wildman–Crippen MR) is 123 cm³/mol. The Bertz CT molecular complexity index is 947. The number of nitrogens with one attached hydrogen (secondary N) is 1. The van der Waals surface area contributed by atoms with E-state index in [1.165, 1.54) is 7.11 Å². The average molecular weight is 475 g/mol. The zero-order valence-electron chi connectivity index (χ0n) is 18.1. The Hall–Kier alpha value is -3.26. The van der Waals surface area contributed by atoms with Crippen LogP contribution in [0.5, 0.6) is 5.75 Å². The summed E-state index contributed by atoms with van der Waals surface area (Å²) in [7, 11) is 1.46. The quantitative estimate of drug-likeness (QED) is 0.316. The first-order valence-electron chi connectivity index (χ1n) is 10.1. The number of para-hydroxylation sites is 1. The van der Waals surface area contributed by atoms with Crippen molar-refractivity contribution in [1.29, 1.82) is 5.26 Å². The summed E-state index contributed by atoms with van der Waals surface area (Å²) in [5.41, 5.74) is 1.42. The second-order valence-corrected chi connectivity index (χ2v) is 7.01. The molecule has 0 aromatic heterocycles. The van der Waals surface area contributed by atoms with Crippen LogP contribution in [0.15, 0.2) is 48.5 Å². The lowest BCUT2D eigenvalue weighted by molar-refractivity contribution is -0.141. The van der Waals surface area contributed by atoms with Crippen molar-refractivity contribution < 1.29 is 33.6 Å². The third-order valence-corrected chi connectivity index (χ3v) is 4.76. The fraction of sp³-hybridized carbons (Fsp3) is 0.348. The molecule has 0 aliphatic rings. The van der Waals surface area contributed by atoms with Crippen molar-refractivity contribution in [2.75, 3.05) is 38.0 Å². The van der Waals surface area contributed by atoms with Crippen LogP contribution in [0, 0.1) is 11.3 Å². The molecule has 0 bridgehead atoms. The zero-order valence-corrected chi connectivity index (χ0v) is 19.0. The molecule has 2 aromatic carbocycles. The molecule has 2 aromatic rings. The van der Waals surface area contributed by atoms with E-state index >= 15 is 0 Å². The normalized spacial score (nSPS) is 12.2. The summed E-state index contributed by atoms with van der Waals surface area (Å²) in [5.74, 6) is -0.115. The summed E-state index contributed by atoms with van der Waals surface area (Å²) in [6.07, 6.45) is -2.11. The van der Waals surface area contributed by atoms with E-state index in [-0.39, 0.29) is 32.0 Å². The Balaban J connectivity index is 2.24. The Morgan fingerprint density at radius 3 is 2.52 bits per heavy atom. The molecule has 0 fully saturated rings. The minimum Gasteiger partial charge on any atom is -0.491 e. The first-order valence-corrected chi connectivity index (χ1v) is 10.7. The highest BCUT2D eigenvalue weighted by Crippen LogP contribution is 2.33. The molecule has 1 amide bonds. The summed E-state index contributed by atoms with van der Waals surface area (Å²) in [4.78, 5) is 24.1. The standard InChI is InChI=1S/C23H26N2O7S/c1-29-20(10-12-31-21(27)15-33)22(18-4-2-3-5-19(18)30-13-11-26)32-23(28)25-17-8-6-16(14-24)7-9-17/h2-9,20,22,26,33H,10-13,15H2,1H3,(H,25,28)/t20-,22-/m1/s1. The topological polar surface area (TPSA) is 127 Å². The zero-order chi connectivity index (χ0) is 24.1. The molecule has 9 nitrogen and oxygen atoms in total. The molecule has 33 heavy (non-hydrogen) atoms. The van der Waals surface area contributed by atoms with E-state index < -0.39 is 24.3 Å². The second-order valence-electron chi connectivity index (χ2n) is 6.69. The molecule has 2 rings (SSSR count). The van der Waals surface area contributed by atoms with Crippen LogP contribution in [0.3, 0.4) is 0 Å². The minimum atomic E-state index is -0.919. The molecular formula is C23H26N2O7S. The first kappa shape index (κ1) is 26.0. The summed E-state index contributed by atoms with van der Waals surface area (Å²) < 4.78 is 22.0. The number of aliphatic hydroxyl groups excluding tert-OH is 1. The molecule has 10 heteroatoms. The van der Waals surface area contributed by atoms with Crippen LogP contribution in [-0.2, 0) is 19.0 Å². The Labute approximate surface area is 197 Å². The Morgan fingerprint density at radius 1 is 1.15 bits per heavy atom. The highest BCUT2D eigenvalue weighted by molar-refractivity contribution is 7.81. The van der Waals surface area contributed by atoms with Gasteiger partial charge >= 0.3 is 12.1 Å². The van der Waals surface area contributed by atoms with E-state index in [9.17, 15) is 9.59 Å². The van der Waals surface area contributed by atoms with Gasteiger partial charge in [0, 0.05) is 24.8 Å². The van der Waals surface area contributed by atoms with Gasteiger partial charge in [0.2, 0.25) is 0 Å². The fourth-order valence-electron chi connectivity index (χ4n) is 2.96. The molecule has 0 saturated carbocycles. The lowest BCUT2D eigenvalue weighted by Crippen LogP contribution is -2.30. The Morgan fingerprint density at radius 2 is 1.88 bits per heavy atom. The molecule has 0 aliphatic carbocycles. The highest BCUT2D eigenvalue weighted by atomic mass is 32.1. The summed E-state index contributed by atoms with van der Waals surface area (Å²) >= 11 is 3.87. The number of hydrogen-bond acceptors (Lipinski definition) is 9. The van der Waals surface area contributed by atoms with E-state index in [0.29, 0.717) is 22.6 Å². The third-order valence-electron chi connectivity index (χ3n) is 4.50. The molecule has 0 heterocycles. The fourth-order valence-corrected chi connectivity index (χ4v) is 3.05. The minimum absolute atomic E-state index is 0.0364. The number of nitrogens with zero attached hydrogens (tertiary/aromatic N) is 1. The largest absolute Gasteiger partial charge is 0.491 e. The van der Waals surface area contributed by atoms with Crippen LogP contribution in [0.1, 0.15) is 23.7 Å². The molecular weight excluding hydrogens is 448 g/mol. The molecule has 176 valence electrons. The number of carbonyl (C=O) groups excluding carboxylic acids is 2. The molecule has 0 spiro atoms. The van der Waals surface area contributed by atoms with Crippen LogP contribution < -0.4 is 10.1 Å². The van der Waals surface area contributed by atoms with E-state index in [1.54, 1.807) is 48.5 Å². The van der Waals surface area contributed by atoms with Crippen LogP contribution >= 0.6 is 12.6 Å². The predicted octanol–water partition coefficient (Wildman–Crippen LogP) is 3.10. The van der Waals surface area contributed by atoms with Crippen molar-refractivity contribution in [3.05, 3.63) is 59.7 Å². The van der Waals surface area contributed by atoms with Gasteiger partial charge in [0.25, 0.3) is 0 Å². The van der Waals surface area contributed by atoms with Crippen molar-refractivity contribution in [2.45, 2.75) is 18.6 Å². The van der Waals surface area contributed by atoms with E-state index in [4.69, 9.17) is 29.3 Å². The number of benzene rings is 2. The van der Waals surface area contributed by atoms with Crippen LogP contribution in [0.4, 0.5) is 10.5 Å². The average Bonchev–Trinajstić information content (AvgIpc) is 2.84. The number of rotatable bonds is 12. The van der Waals surface area contributed by atoms with Gasteiger partial charge in [-0.25, -0.2) is 4.79 Å². The number of anilines is 1. The van der Waals surface area contributed by atoms with Gasteiger partial charge in [0.1, 0.15) is 18.5 Å². The summed E-state index contributed by atoms with van der Waals surface area (Å²) in [5, 5.41) is 20.7. The first-order chi connectivity index (χ1) is 16.0. The van der Waals surface area contributed by atoms with Gasteiger partial charge in [-0.05, 0) is 30.3 Å². The van der Waals surface area contributed by atoms with Crippen molar-refractivity contribution >= 4 is 30.4 Å². The van der Waals surface area contributed by atoms with Crippen LogP contribution in [-0.4, -0.2) is 56.0 Å². The number of hydrogen-bond donors (Lipinski definition) is 3. The number of ether oxygens (including phenoxy) is 4. The number of thiol groups is 1. The van der Waals surface area contributed by atoms with Gasteiger partial charge < -0.3 is 24.1 Å². The maximum absolute atomic E-state index is 12.7. The number of esters is 1. The van der Waals surface area contributed by atoms with Crippen molar-refractivity contribution in [2.24, 2.45) is 0 Å². The van der Waals surface area contributed by atoms with Crippen LogP contribution in [0.2, 0.25) is 0 Å². The number of methoxy groups -OCH3 is 1. The molecule has 0 unspecified atom stereocenters. The molecule has 0 saturated heterocycles. The molecule has 0 aliphatic heterocycles. The maximum atomic E-state index is 12.7.